The molecule has 0 fully saturated rings. The highest BCUT2D eigenvalue weighted by Crippen LogP contribution is 2.30. The van der Waals surface area contributed by atoms with Crippen LogP contribution in [-0.2, 0) is 4.74 Å². The molecule has 0 aliphatic rings. The minimum atomic E-state index is -2.77. The number of methoxy groups -OCH3 is 1. The molecular formula is C11H14F2N2O3. The molecule has 5 nitrogen and oxygen atoms in total. The van der Waals surface area contributed by atoms with Gasteiger partial charge in [0.2, 0.25) is 0 Å². The molecule has 0 saturated heterocycles. The fourth-order valence-electron chi connectivity index (χ4n) is 1.34. The standard InChI is InChI=1S/C11H14F2N2O3/c1-7(18-2)6-14-10-4-3-8(15(16)17)5-9(10)11(12)13/h3-5,7,11,14H,6H2,1-2H3. The monoisotopic (exact) mass is 260 g/mol. The number of nitro groups is 1. The van der Waals surface area contributed by atoms with Crippen molar-refractivity contribution in [3.05, 3.63) is 33.9 Å². The molecule has 0 heterocycles. The summed E-state index contributed by atoms with van der Waals surface area (Å²) in [6, 6.07) is 3.35. The summed E-state index contributed by atoms with van der Waals surface area (Å²) >= 11 is 0. The number of nitrogens with zero attached hydrogens (tertiary/aromatic N) is 1. The van der Waals surface area contributed by atoms with Gasteiger partial charge in [0, 0.05) is 37.0 Å². The van der Waals surface area contributed by atoms with Crippen molar-refractivity contribution in [3.63, 3.8) is 0 Å². The maximum atomic E-state index is 12.8. The lowest BCUT2D eigenvalue weighted by atomic mass is 10.1. The summed E-state index contributed by atoms with van der Waals surface area (Å²) in [6.07, 6.45) is -2.92. The van der Waals surface area contributed by atoms with Crippen LogP contribution in [0.5, 0.6) is 0 Å². The molecule has 1 aromatic rings. The van der Waals surface area contributed by atoms with Gasteiger partial charge >= 0.3 is 0 Å². The number of nitrogens with one attached hydrogen (secondary N) is 1. The quantitative estimate of drug-likeness (QED) is 0.630. The van der Waals surface area contributed by atoms with Crippen LogP contribution in [0.4, 0.5) is 20.2 Å². The summed E-state index contributed by atoms with van der Waals surface area (Å²) in [5.41, 5.74) is -0.553. The van der Waals surface area contributed by atoms with Gasteiger partial charge in [-0.3, -0.25) is 10.1 Å². The van der Waals surface area contributed by atoms with Crippen molar-refractivity contribution in [1.29, 1.82) is 0 Å². The fourth-order valence-corrected chi connectivity index (χ4v) is 1.34. The highest BCUT2D eigenvalue weighted by atomic mass is 19.3. The van der Waals surface area contributed by atoms with Crippen molar-refractivity contribution in [3.8, 4) is 0 Å². The van der Waals surface area contributed by atoms with Gasteiger partial charge in [-0.2, -0.15) is 0 Å². The molecule has 0 aliphatic carbocycles. The van der Waals surface area contributed by atoms with E-state index in [0.29, 0.717) is 6.54 Å². The summed E-state index contributed by atoms with van der Waals surface area (Å²) in [7, 11) is 1.51. The Hall–Kier alpha value is -1.76. The van der Waals surface area contributed by atoms with Crippen LogP contribution in [0, 0.1) is 10.1 Å². The Morgan fingerprint density at radius 3 is 2.67 bits per heavy atom. The van der Waals surface area contributed by atoms with E-state index in [1.807, 2.05) is 0 Å². The van der Waals surface area contributed by atoms with E-state index in [1.54, 1.807) is 6.92 Å². The summed E-state index contributed by atoms with van der Waals surface area (Å²) < 4.78 is 30.5. The Bertz CT molecular complexity index is 427. The molecule has 18 heavy (non-hydrogen) atoms. The van der Waals surface area contributed by atoms with Crippen LogP contribution in [0.1, 0.15) is 18.9 Å². The molecule has 0 spiro atoms. The largest absolute Gasteiger partial charge is 0.382 e. The van der Waals surface area contributed by atoms with E-state index >= 15 is 0 Å². The molecule has 0 radical (unpaired) electrons. The van der Waals surface area contributed by atoms with Gasteiger partial charge in [-0.15, -0.1) is 0 Å². The highest BCUT2D eigenvalue weighted by molar-refractivity contribution is 5.56. The number of ether oxygens (including phenoxy) is 1. The number of hydrogen-bond acceptors (Lipinski definition) is 4. The van der Waals surface area contributed by atoms with Crippen LogP contribution < -0.4 is 5.32 Å². The number of nitro benzene ring substituents is 1. The lowest BCUT2D eigenvalue weighted by Crippen LogP contribution is -2.18. The van der Waals surface area contributed by atoms with Gasteiger partial charge in [0.05, 0.1) is 11.0 Å². The second-order valence-electron chi connectivity index (χ2n) is 3.76. The third-order valence-corrected chi connectivity index (χ3v) is 2.46. The number of non-ortho nitro benzene ring substituents is 1. The normalized spacial score (nSPS) is 12.5. The zero-order valence-corrected chi connectivity index (χ0v) is 10.0. The first-order valence-electron chi connectivity index (χ1n) is 5.29. The maximum absolute atomic E-state index is 12.8. The smallest absolute Gasteiger partial charge is 0.270 e. The Balaban J connectivity index is 2.93. The SMILES string of the molecule is COC(C)CNc1ccc([N+](=O)[O-])cc1C(F)F. The van der Waals surface area contributed by atoms with Crippen molar-refractivity contribution in [2.45, 2.75) is 19.5 Å². The third kappa shape index (κ3) is 3.63. The van der Waals surface area contributed by atoms with Crippen molar-refractivity contribution in [2.75, 3.05) is 19.0 Å². The zero-order valence-electron chi connectivity index (χ0n) is 10.0. The number of benzene rings is 1. The van der Waals surface area contributed by atoms with E-state index in [-0.39, 0.29) is 23.0 Å². The Labute approximate surface area is 103 Å². The minimum Gasteiger partial charge on any atom is -0.382 e. The van der Waals surface area contributed by atoms with Crippen LogP contribution in [0.25, 0.3) is 0 Å². The van der Waals surface area contributed by atoms with E-state index in [2.05, 4.69) is 5.32 Å². The summed E-state index contributed by atoms with van der Waals surface area (Å²) in [5.74, 6) is 0. The maximum Gasteiger partial charge on any atom is 0.270 e. The average molecular weight is 260 g/mol. The van der Waals surface area contributed by atoms with E-state index < -0.39 is 11.3 Å². The van der Waals surface area contributed by atoms with Crippen molar-refractivity contribution in [2.24, 2.45) is 0 Å². The molecule has 100 valence electrons. The summed E-state index contributed by atoms with van der Waals surface area (Å²) in [6.45, 7) is 2.12. The lowest BCUT2D eigenvalue weighted by molar-refractivity contribution is -0.385. The summed E-state index contributed by atoms with van der Waals surface area (Å²) in [4.78, 5) is 9.82. The third-order valence-electron chi connectivity index (χ3n) is 2.46. The Morgan fingerprint density at radius 1 is 1.50 bits per heavy atom. The molecule has 7 heteroatoms. The van der Waals surface area contributed by atoms with Crippen molar-refractivity contribution < 1.29 is 18.4 Å². The van der Waals surface area contributed by atoms with Crippen LogP contribution in [0.15, 0.2) is 18.2 Å². The predicted octanol–water partition coefficient (Wildman–Crippen LogP) is 2.98. The highest BCUT2D eigenvalue weighted by Gasteiger charge is 2.18. The Kier molecular flexibility index (Phi) is 4.96. The number of alkyl halides is 2. The number of rotatable bonds is 6. The molecule has 0 bridgehead atoms. The van der Waals surface area contributed by atoms with Crippen LogP contribution in [0.3, 0.4) is 0 Å². The fraction of sp³-hybridized carbons (Fsp3) is 0.455. The van der Waals surface area contributed by atoms with Gasteiger partial charge in [-0.1, -0.05) is 0 Å². The van der Waals surface area contributed by atoms with Gasteiger partial charge in [0.15, 0.2) is 0 Å². The Morgan fingerprint density at radius 2 is 2.17 bits per heavy atom. The molecule has 1 atom stereocenters. The first kappa shape index (κ1) is 14.3. The molecule has 0 aromatic heterocycles. The van der Waals surface area contributed by atoms with Crippen LogP contribution >= 0.6 is 0 Å². The van der Waals surface area contributed by atoms with Gasteiger partial charge in [0.1, 0.15) is 0 Å². The molecule has 1 N–H and O–H groups in total. The molecule has 0 saturated carbocycles. The second-order valence-corrected chi connectivity index (χ2v) is 3.76. The molecule has 1 rings (SSSR count). The van der Waals surface area contributed by atoms with Gasteiger partial charge < -0.3 is 10.1 Å². The topological polar surface area (TPSA) is 64.4 Å². The number of anilines is 1. The first-order chi connectivity index (χ1) is 8.45. The van der Waals surface area contributed by atoms with Gasteiger partial charge in [0.25, 0.3) is 12.1 Å². The van der Waals surface area contributed by atoms with Crippen molar-refractivity contribution >= 4 is 11.4 Å². The van der Waals surface area contributed by atoms with E-state index in [1.165, 1.54) is 19.2 Å². The summed E-state index contributed by atoms with van der Waals surface area (Å²) in [5, 5.41) is 13.3. The number of hydrogen-bond donors (Lipinski definition) is 1. The zero-order chi connectivity index (χ0) is 13.7. The van der Waals surface area contributed by atoms with E-state index in [9.17, 15) is 18.9 Å². The van der Waals surface area contributed by atoms with E-state index in [0.717, 1.165) is 6.07 Å². The molecule has 1 aromatic carbocycles. The first-order valence-corrected chi connectivity index (χ1v) is 5.29. The van der Waals surface area contributed by atoms with Gasteiger partial charge in [-0.05, 0) is 13.0 Å². The van der Waals surface area contributed by atoms with Crippen LogP contribution in [0.2, 0.25) is 0 Å². The van der Waals surface area contributed by atoms with Crippen molar-refractivity contribution in [1.82, 2.24) is 0 Å². The molecule has 0 aliphatic heterocycles. The van der Waals surface area contributed by atoms with Gasteiger partial charge in [-0.25, -0.2) is 8.78 Å². The van der Waals surface area contributed by atoms with Crippen LogP contribution in [-0.4, -0.2) is 24.7 Å². The molecular weight excluding hydrogens is 246 g/mol. The molecule has 1 unspecified atom stereocenters. The predicted molar refractivity (Wildman–Crippen MR) is 63.0 cm³/mol. The number of halogens is 2. The lowest BCUT2D eigenvalue weighted by Gasteiger charge is -2.14. The van der Waals surface area contributed by atoms with E-state index in [4.69, 9.17) is 4.74 Å². The average Bonchev–Trinajstić information content (AvgIpc) is 2.35. The second kappa shape index (κ2) is 6.25. The minimum absolute atomic E-state index is 0.147. The molecule has 0 amide bonds.